The molecule has 1 unspecified atom stereocenters. The molecule has 0 aliphatic carbocycles. The maximum absolute atomic E-state index is 12.6. The van der Waals surface area contributed by atoms with Gasteiger partial charge < -0.3 is 10.3 Å². The molecule has 1 aromatic heterocycles. The zero-order valence-electron chi connectivity index (χ0n) is 16.1. The third-order valence-electron chi connectivity index (χ3n) is 4.87. The molecule has 0 aliphatic rings. The molecule has 0 radical (unpaired) electrons. The lowest BCUT2D eigenvalue weighted by Crippen LogP contribution is -2.31. The van der Waals surface area contributed by atoms with Gasteiger partial charge in [0.2, 0.25) is 5.91 Å². The van der Waals surface area contributed by atoms with Crippen LogP contribution >= 0.6 is 0 Å². The van der Waals surface area contributed by atoms with Crippen LogP contribution < -0.4 is 5.32 Å². The van der Waals surface area contributed by atoms with Crippen molar-refractivity contribution in [3.05, 3.63) is 70.9 Å². The van der Waals surface area contributed by atoms with E-state index in [0.717, 1.165) is 6.42 Å². The molecule has 26 heavy (non-hydrogen) atoms. The Hall–Kier alpha value is -2.55. The summed E-state index contributed by atoms with van der Waals surface area (Å²) in [6, 6.07) is 15.1. The van der Waals surface area contributed by atoms with E-state index in [0.29, 0.717) is 6.42 Å². The molecule has 0 aliphatic heterocycles. The van der Waals surface area contributed by atoms with Gasteiger partial charge >= 0.3 is 0 Å². The van der Waals surface area contributed by atoms with Gasteiger partial charge in [-0.2, -0.15) is 0 Å². The minimum atomic E-state index is 0.0366. The van der Waals surface area contributed by atoms with Crippen molar-refractivity contribution in [1.29, 1.82) is 0 Å². The summed E-state index contributed by atoms with van der Waals surface area (Å²) in [5, 5.41) is 4.26. The van der Waals surface area contributed by atoms with Gasteiger partial charge in [-0.25, -0.2) is 0 Å². The van der Waals surface area contributed by atoms with Crippen LogP contribution in [0.4, 0.5) is 0 Å². The topological polar surface area (TPSA) is 44.9 Å². The monoisotopic (exact) mass is 348 g/mol. The average molecular weight is 348 g/mol. The van der Waals surface area contributed by atoms with Crippen LogP contribution in [0.3, 0.4) is 0 Å². The summed E-state index contributed by atoms with van der Waals surface area (Å²) in [4.78, 5) is 16.0. The molecule has 3 rings (SSSR count). The Kier molecular flexibility index (Phi) is 5.46. The molecule has 0 fully saturated rings. The van der Waals surface area contributed by atoms with Crippen LogP contribution in [0.5, 0.6) is 0 Å². The summed E-state index contributed by atoms with van der Waals surface area (Å²) in [5.41, 5.74) is 6.09. The number of aromatic nitrogens is 1. The summed E-state index contributed by atoms with van der Waals surface area (Å²) >= 11 is 0. The van der Waals surface area contributed by atoms with E-state index in [9.17, 15) is 4.79 Å². The fraction of sp³-hybridized carbons (Fsp3) is 0.348. The number of amides is 1. The van der Waals surface area contributed by atoms with E-state index in [-0.39, 0.29) is 17.9 Å². The van der Waals surface area contributed by atoms with Crippen molar-refractivity contribution >= 4 is 16.8 Å². The lowest BCUT2D eigenvalue weighted by atomic mass is 9.87. The van der Waals surface area contributed by atoms with Crippen LogP contribution in [0.25, 0.3) is 10.9 Å². The van der Waals surface area contributed by atoms with Crippen molar-refractivity contribution in [3.63, 3.8) is 0 Å². The lowest BCUT2D eigenvalue weighted by molar-refractivity contribution is -0.121. The van der Waals surface area contributed by atoms with Crippen molar-refractivity contribution in [2.45, 2.75) is 52.5 Å². The predicted molar refractivity (Wildman–Crippen MR) is 109 cm³/mol. The number of nitrogens with one attached hydrogen (secondary N) is 2. The second kappa shape index (κ2) is 7.77. The number of carbonyl (C=O) groups excluding carboxylic acids is 1. The lowest BCUT2D eigenvalue weighted by Gasteiger charge is -2.19. The Balaban J connectivity index is 2.07. The van der Waals surface area contributed by atoms with E-state index in [1.807, 2.05) is 13.8 Å². The van der Waals surface area contributed by atoms with Crippen LogP contribution in [0.1, 0.15) is 55.4 Å². The van der Waals surface area contributed by atoms with Crippen LogP contribution in [0.15, 0.2) is 48.7 Å². The Bertz CT molecular complexity index is 907. The largest absolute Gasteiger partial charge is 0.361 e. The number of hydrogen-bond acceptors (Lipinski definition) is 1. The van der Waals surface area contributed by atoms with Crippen LogP contribution in [0, 0.1) is 6.92 Å². The molecule has 2 N–H and O–H groups in total. The Morgan fingerprint density at radius 2 is 1.92 bits per heavy atom. The van der Waals surface area contributed by atoms with E-state index in [1.54, 1.807) is 0 Å². The normalized spacial score (nSPS) is 12.5. The minimum Gasteiger partial charge on any atom is -0.361 e. The Labute approximate surface area is 155 Å². The van der Waals surface area contributed by atoms with Crippen molar-refractivity contribution in [3.8, 4) is 0 Å². The number of aromatic amines is 1. The van der Waals surface area contributed by atoms with Crippen LogP contribution in [-0.4, -0.2) is 16.9 Å². The van der Waals surface area contributed by atoms with Gasteiger partial charge in [-0.1, -0.05) is 55.0 Å². The first-order valence-corrected chi connectivity index (χ1v) is 9.44. The van der Waals surface area contributed by atoms with Gasteiger partial charge in [0.25, 0.3) is 0 Å². The molecule has 0 bridgehead atoms. The second-order valence-electron chi connectivity index (χ2n) is 7.33. The van der Waals surface area contributed by atoms with Crippen LogP contribution in [-0.2, 0) is 11.2 Å². The predicted octanol–water partition coefficient (Wildman–Crippen LogP) is 5.09. The standard InChI is InChI=1S/C23H28N2O/c1-5-17-9-7-11-19-21(14-24-23(17)19)20(13-22(26)25-15(2)3)18-10-6-8-16(4)12-18/h6-12,14-15,20,24H,5,13H2,1-4H3,(H,25,26). The molecule has 2 aromatic carbocycles. The van der Waals surface area contributed by atoms with Crippen molar-refractivity contribution in [2.24, 2.45) is 0 Å². The highest BCUT2D eigenvalue weighted by Gasteiger charge is 2.22. The Morgan fingerprint density at radius 1 is 1.15 bits per heavy atom. The number of fused-ring (bicyclic) bond motifs is 1. The number of para-hydroxylation sites is 1. The average Bonchev–Trinajstić information content (AvgIpc) is 3.03. The maximum atomic E-state index is 12.6. The zero-order chi connectivity index (χ0) is 18.7. The second-order valence-corrected chi connectivity index (χ2v) is 7.33. The third kappa shape index (κ3) is 3.82. The fourth-order valence-electron chi connectivity index (χ4n) is 3.68. The van der Waals surface area contributed by atoms with E-state index in [1.165, 1.54) is 33.2 Å². The van der Waals surface area contributed by atoms with E-state index >= 15 is 0 Å². The molecular weight excluding hydrogens is 320 g/mol. The highest BCUT2D eigenvalue weighted by atomic mass is 16.1. The highest BCUT2D eigenvalue weighted by Crippen LogP contribution is 2.34. The van der Waals surface area contributed by atoms with Gasteiger partial charge in [0, 0.05) is 35.5 Å². The third-order valence-corrected chi connectivity index (χ3v) is 4.87. The molecule has 136 valence electrons. The van der Waals surface area contributed by atoms with E-state index in [2.05, 4.69) is 72.8 Å². The molecule has 0 spiro atoms. The number of rotatable bonds is 6. The van der Waals surface area contributed by atoms with Gasteiger partial charge in [0.05, 0.1) is 0 Å². The molecule has 1 heterocycles. The maximum Gasteiger partial charge on any atom is 0.221 e. The molecular formula is C23H28N2O. The SMILES string of the molecule is CCc1cccc2c(C(CC(=O)NC(C)C)c3cccc(C)c3)c[nH]c12. The van der Waals surface area contributed by atoms with Crippen molar-refractivity contribution in [2.75, 3.05) is 0 Å². The number of carbonyl (C=O) groups is 1. The quantitative estimate of drug-likeness (QED) is 0.640. The van der Waals surface area contributed by atoms with Crippen LogP contribution in [0.2, 0.25) is 0 Å². The Morgan fingerprint density at radius 3 is 2.62 bits per heavy atom. The van der Waals surface area contributed by atoms with E-state index < -0.39 is 0 Å². The van der Waals surface area contributed by atoms with Crippen molar-refractivity contribution < 1.29 is 4.79 Å². The molecule has 0 saturated heterocycles. The number of aryl methyl sites for hydroxylation is 2. The van der Waals surface area contributed by atoms with E-state index in [4.69, 9.17) is 0 Å². The smallest absolute Gasteiger partial charge is 0.221 e. The zero-order valence-corrected chi connectivity index (χ0v) is 16.1. The summed E-state index contributed by atoms with van der Waals surface area (Å²) in [6.45, 7) is 8.26. The van der Waals surface area contributed by atoms with Crippen molar-refractivity contribution in [1.82, 2.24) is 10.3 Å². The first-order valence-electron chi connectivity index (χ1n) is 9.44. The fourth-order valence-corrected chi connectivity index (χ4v) is 3.68. The van der Waals surface area contributed by atoms with Gasteiger partial charge in [-0.05, 0) is 43.9 Å². The minimum absolute atomic E-state index is 0.0366. The van der Waals surface area contributed by atoms with Gasteiger partial charge in [-0.15, -0.1) is 0 Å². The first-order chi connectivity index (χ1) is 12.5. The van der Waals surface area contributed by atoms with Gasteiger partial charge in [-0.3, -0.25) is 4.79 Å². The molecule has 1 atom stereocenters. The highest BCUT2D eigenvalue weighted by molar-refractivity contribution is 5.88. The number of hydrogen-bond donors (Lipinski definition) is 2. The molecule has 3 heteroatoms. The molecule has 3 aromatic rings. The summed E-state index contributed by atoms with van der Waals surface area (Å²) in [6.07, 6.45) is 3.52. The molecule has 1 amide bonds. The summed E-state index contributed by atoms with van der Waals surface area (Å²) < 4.78 is 0. The molecule has 3 nitrogen and oxygen atoms in total. The number of H-pyrrole nitrogens is 1. The van der Waals surface area contributed by atoms with Gasteiger partial charge in [0.15, 0.2) is 0 Å². The summed E-state index contributed by atoms with van der Waals surface area (Å²) in [7, 11) is 0. The van der Waals surface area contributed by atoms with Gasteiger partial charge in [0.1, 0.15) is 0 Å². The first kappa shape index (κ1) is 18.2. The summed E-state index contributed by atoms with van der Waals surface area (Å²) in [5.74, 6) is 0.127. The number of benzene rings is 2. The molecule has 0 saturated carbocycles.